The topological polar surface area (TPSA) is 103 Å². The number of nitrogens with zero attached hydrogens (tertiary/aromatic N) is 4. The maximum atomic E-state index is 15.0. The van der Waals surface area contributed by atoms with Crippen LogP contribution in [0.15, 0.2) is 30.3 Å². The molecular formula is C20H23FN6O4S2. The molecule has 0 unspecified atom stereocenters. The van der Waals surface area contributed by atoms with Gasteiger partial charge < -0.3 is 25.2 Å². The van der Waals surface area contributed by atoms with E-state index >= 15 is 0 Å². The van der Waals surface area contributed by atoms with Crippen molar-refractivity contribution in [3.8, 4) is 0 Å². The molecule has 0 saturated carbocycles. The lowest BCUT2D eigenvalue weighted by molar-refractivity contribution is -0.380. The van der Waals surface area contributed by atoms with Crippen molar-refractivity contribution >= 4 is 56.1 Å². The molecule has 2 aromatic rings. The van der Waals surface area contributed by atoms with Gasteiger partial charge in [-0.3, -0.25) is 15.0 Å². The lowest BCUT2D eigenvalue weighted by Gasteiger charge is -2.36. The molecule has 0 aliphatic carbocycles. The van der Waals surface area contributed by atoms with Gasteiger partial charge >= 0.3 is 11.1 Å². The first-order chi connectivity index (χ1) is 15.9. The molecule has 1 amide bonds. The molecule has 33 heavy (non-hydrogen) atoms. The van der Waals surface area contributed by atoms with Crippen molar-refractivity contribution in [1.29, 1.82) is 0 Å². The van der Waals surface area contributed by atoms with Crippen molar-refractivity contribution in [2.45, 2.75) is 6.10 Å². The van der Waals surface area contributed by atoms with Crippen molar-refractivity contribution in [2.75, 3.05) is 61.0 Å². The number of nitro groups is 1. The van der Waals surface area contributed by atoms with Gasteiger partial charge in [0.1, 0.15) is 11.9 Å². The van der Waals surface area contributed by atoms with E-state index in [1.54, 1.807) is 25.2 Å². The van der Waals surface area contributed by atoms with Crippen LogP contribution in [-0.2, 0) is 4.74 Å². The molecule has 0 radical (unpaired) electrons. The van der Waals surface area contributed by atoms with Crippen LogP contribution in [0.5, 0.6) is 0 Å². The Morgan fingerprint density at radius 3 is 2.64 bits per heavy atom. The number of benzene rings is 1. The zero-order chi connectivity index (χ0) is 23.5. The fourth-order valence-electron chi connectivity index (χ4n) is 3.81. The van der Waals surface area contributed by atoms with Crippen molar-refractivity contribution in [3.05, 3.63) is 46.3 Å². The van der Waals surface area contributed by atoms with Crippen LogP contribution < -0.4 is 25.3 Å². The van der Waals surface area contributed by atoms with Gasteiger partial charge in [0.15, 0.2) is 5.11 Å². The number of halogens is 1. The average Bonchev–Trinajstić information content (AvgIpc) is 3.45. The quantitative estimate of drug-likeness (QED) is 0.356. The van der Waals surface area contributed by atoms with E-state index in [0.717, 1.165) is 16.3 Å². The highest BCUT2D eigenvalue weighted by Gasteiger charge is 2.33. The Labute approximate surface area is 199 Å². The van der Waals surface area contributed by atoms with Gasteiger partial charge in [0, 0.05) is 39.3 Å². The monoisotopic (exact) mass is 494 g/mol. The van der Waals surface area contributed by atoms with E-state index in [1.165, 1.54) is 17.0 Å². The molecule has 2 saturated heterocycles. The minimum absolute atomic E-state index is 0.109. The highest BCUT2D eigenvalue weighted by Crippen LogP contribution is 2.33. The molecule has 1 aromatic heterocycles. The highest BCUT2D eigenvalue weighted by atomic mass is 32.1. The molecule has 2 aliphatic rings. The Morgan fingerprint density at radius 2 is 2.00 bits per heavy atom. The molecule has 1 atom stereocenters. The molecular weight excluding hydrogens is 471 g/mol. The van der Waals surface area contributed by atoms with E-state index < -0.39 is 22.9 Å². The van der Waals surface area contributed by atoms with Gasteiger partial charge in [0.05, 0.1) is 34.4 Å². The van der Waals surface area contributed by atoms with Crippen LogP contribution >= 0.6 is 23.6 Å². The highest BCUT2D eigenvalue weighted by molar-refractivity contribution is 7.80. The number of piperazine rings is 1. The third-order valence-electron chi connectivity index (χ3n) is 5.52. The minimum Gasteiger partial charge on any atom is -0.442 e. The van der Waals surface area contributed by atoms with E-state index in [4.69, 9.17) is 17.0 Å². The molecule has 10 nitrogen and oxygen atoms in total. The zero-order valence-corrected chi connectivity index (χ0v) is 19.5. The molecule has 2 aliphatic heterocycles. The largest absolute Gasteiger partial charge is 0.442 e. The van der Waals surface area contributed by atoms with Gasteiger partial charge in [-0.2, -0.15) is 0 Å². The van der Waals surface area contributed by atoms with Crippen LogP contribution in [-0.4, -0.2) is 68.5 Å². The summed E-state index contributed by atoms with van der Waals surface area (Å²) in [6, 6.07) is 7.98. The Hall–Kier alpha value is -3.19. The molecule has 176 valence electrons. The first kappa shape index (κ1) is 23.0. The number of carbonyl (C=O) groups is 1. The number of hydrogen-bond donors (Lipinski definition) is 2. The number of anilines is 3. The summed E-state index contributed by atoms with van der Waals surface area (Å²) in [6.07, 6.45) is -0.921. The van der Waals surface area contributed by atoms with Crippen molar-refractivity contribution in [1.82, 2.24) is 10.6 Å². The molecule has 0 spiro atoms. The Bertz CT molecular complexity index is 1060. The second-order valence-corrected chi connectivity index (χ2v) is 9.00. The number of hydrogen-bond acceptors (Lipinski definition) is 8. The van der Waals surface area contributed by atoms with Gasteiger partial charge in [0.25, 0.3) is 0 Å². The maximum Gasteiger partial charge on any atom is 0.414 e. The third-order valence-corrected chi connectivity index (χ3v) is 6.97. The second-order valence-electron chi connectivity index (χ2n) is 7.56. The van der Waals surface area contributed by atoms with Crippen LogP contribution in [0.1, 0.15) is 0 Å². The molecule has 2 fully saturated rings. The van der Waals surface area contributed by atoms with Crippen LogP contribution in [0.25, 0.3) is 0 Å². The number of thiocarbonyl (C=S) groups is 1. The van der Waals surface area contributed by atoms with E-state index in [2.05, 4.69) is 15.5 Å². The van der Waals surface area contributed by atoms with Crippen LogP contribution in [0.3, 0.4) is 0 Å². The normalized spacial score (nSPS) is 18.3. The van der Waals surface area contributed by atoms with Gasteiger partial charge in [-0.05, 0) is 47.8 Å². The maximum absolute atomic E-state index is 15.0. The number of ether oxygens (including phenoxy) is 1. The van der Waals surface area contributed by atoms with Gasteiger partial charge in [-0.15, -0.1) is 0 Å². The number of carbonyl (C=O) groups excluding carboxylic acids is 1. The number of rotatable bonds is 6. The first-order valence-corrected chi connectivity index (χ1v) is 11.6. The smallest absolute Gasteiger partial charge is 0.414 e. The Balaban J connectivity index is 1.36. The predicted octanol–water partition coefficient (Wildman–Crippen LogP) is 2.54. The summed E-state index contributed by atoms with van der Waals surface area (Å²) in [6.45, 7) is 3.06. The number of cyclic esters (lactones) is 1. The first-order valence-electron chi connectivity index (χ1n) is 10.3. The van der Waals surface area contributed by atoms with Crippen LogP contribution in [0, 0.1) is 15.9 Å². The summed E-state index contributed by atoms with van der Waals surface area (Å²) in [5.74, 6) is -0.418. The number of thiophene rings is 1. The fourth-order valence-corrected chi connectivity index (χ4v) is 4.76. The van der Waals surface area contributed by atoms with Crippen LogP contribution in [0.2, 0.25) is 0 Å². The number of amides is 1. The second kappa shape index (κ2) is 9.75. The fraction of sp³-hybridized carbons (Fsp3) is 0.400. The summed E-state index contributed by atoms with van der Waals surface area (Å²) in [4.78, 5) is 28.2. The van der Waals surface area contributed by atoms with E-state index in [1.807, 2.05) is 4.90 Å². The van der Waals surface area contributed by atoms with Gasteiger partial charge in [-0.1, -0.05) is 0 Å². The van der Waals surface area contributed by atoms with Gasteiger partial charge in [-0.25, -0.2) is 9.18 Å². The lowest BCUT2D eigenvalue weighted by atomic mass is 10.2. The van der Waals surface area contributed by atoms with Gasteiger partial charge in [0.2, 0.25) is 0 Å². The Kier molecular flexibility index (Phi) is 6.79. The average molecular weight is 495 g/mol. The molecule has 4 rings (SSSR count). The summed E-state index contributed by atoms with van der Waals surface area (Å²) in [7, 11) is 1.70. The molecule has 1 aromatic carbocycles. The molecule has 13 heteroatoms. The zero-order valence-electron chi connectivity index (χ0n) is 17.8. The van der Waals surface area contributed by atoms with Crippen molar-refractivity contribution in [2.24, 2.45) is 0 Å². The predicted molar refractivity (Wildman–Crippen MR) is 129 cm³/mol. The Morgan fingerprint density at radius 1 is 1.27 bits per heavy atom. The lowest BCUT2D eigenvalue weighted by Crippen LogP contribution is -2.46. The molecule has 2 N–H and O–H groups in total. The van der Waals surface area contributed by atoms with Crippen LogP contribution in [0.4, 0.5) is 30.6 Å². The summed E-state index contributed by atoms with van der Waals surface area (Å²) in [5.41, 5.74) is 0.894. The van der Waals surface area contributed by atoms with E-state index in [9.17, 15) is 19.3 Å². The number of nitrogens with one attached hydrogen (secondary N) is 2. The summed E-state index contributed by atoms with van der Waals surface area (Å²) >= 11 is 6.16. The van der Waals surface area contributed by atoms with Crippen molar-refractivity contribution in [3.63, 3.8) is 0 Å². The van der Waals surface area contributed by atoms with E-state index in [-0.39, 0.29) is 5.00 Å². The molecule has 0 bridgehead atoms. The standard InChI is InChI=1S/C20H23FN6O4S2/c1-22-19(32)23-11-14-12-26(20(28)31-14)13-2-3-16(15(21)10-13)24-6-8-25(9-7-24)17-4-5-18(33-17)27(29)30/h2-5,10,14H,6-9,11-12H2,1H3,(H2,22,23,32)/t14-/m0/s1. The third kappa shape index (κ3) is 5.09. The molecule has 3 heterocycles. The minimum atomic E-state index is -0.525. The van der Waals surface area contributed by atoms with E-state index in [0.29, 0.717) is 55.8 Å². The SMILES string of the molecule is CNC(=S)NC[C@H]1CN(c2ccc(N3CCN(c4ccc([N+](=O)[O-])s4)CC3)c(F)c2)C(=O)O1. The summed E-state index contributed by atoms with van der Waals surface area (Å²) < 4.78 is 20.3. The summed E-state index contributed by atoms with van der Waals surface area (Å²) in [5, 5.41) is 18.1. The van der Waals surface area contributed by atoms with Crippen molar-refractivity contribution < 1.29 is 18.8 Å².